The van der Waals surface area contributed by atoms with Gasteiger partial charge < -0.3 is 10.2 Å². The van der Waals surface area contributed by atoms with Gasteiger partial charge in [0.05, 0.1) is 6.04 Å². The van der Waals surface area contributed by atoms with Crippen LogP contribution in [-0.4, -0.2) is 30.4 Å². The van der Waals surface area contributed by atoms with Crippen LogP contribution < -0.4 is 5.32 Å². The van der Waals surface area contributed by atoms with E-state index < -0.39 is 0 Å². The summed E-state index contributed by atoms with van der Waals surface area (Å²) in [5.74, 6) is 0.201. The summed E-state index contributed by atoms with van der Waals surface area (Å²) >= 11 is 3.47. The van der Waals surface area contributed by atoms with E-state index in [9.17, 15) is 4.79 Å². The second kappa shape index (κ2) is 5.85. The smallest absolute Gasteiger partial charge is 0.239 e. The molecule has 1 aromatic carbocycles. The van der Waals surface area contributed by atoms with E-state index in [4.69, 9.17) is 0 Å². The summed E-state index contributed by atoms with van der Waals surface area (Å²) in [7, 11) is 1.88. The number of amides is 1. The van der Waals surface area contributed by atoms with E-state index in [0.717, 1.165) is 23.9 Å². The SMILES string of the molecule is Cc1ccc(Br)cc1CN(C)C(=O)C1CCCN1. The van der Waals surface area contributed by atoms with Crippen molar-refractivity contribution in [3.8, 4) is 0 Å². The summed E-state index contributed by atoms with van der Waals surface area (Å²) < 4.78 is 1.06. The number of benzene rings is 1. The molecule has 3 nitrogen and oxygen atoms in total. The third kappa shape index (κ3) is 3.12. The zero-order valence-corrected chi connectivity index (χ0v) is 12.5. The highest BCUT2D eigenvalue weighted by molar-refractivity contribution is 9.10. The number of carbonyl (C=O) groups is 1. The summed E-state index contributed by atoms with van der Waals surface area (Å²) in [4.78, 5) is 14.0. The first kappa shape index (κ1) is 13.6. The van der Waals surface area contributed by atoms with Crippen LogP contribution in [0.2, 0.25) is 0 Å². The van der Waals surface area contributed by atoms with E-state index in [1.807, 2.05) is 18.0 Å². The summed E-state index contributed by atoms with van der Waals surface area (Å²) in [6.45, 7) is 3.70. The summed E-state index contributed by atoms with van der Waals surface area (Å²) in [6, 6.07) is 6.20. The van der Waals surface area contributed by atoms with Crippen molar-refractivity contribution in [1.29, 1.82) is 0 Å². The molecule has 0 bridgehead atoms. The van der Waals surface area contributed by atoms with Gasteiger partial charge in [0.2, 0.25) is 5.91 Å². The third-order valence-corrected chi connectivity index (χ3v) is 3.95. The van der Waals surface area contributed by atoms with Crippen molar-refractivity contribution in [3.05, 3.63) is 33.8 Å². The Balaban J connectivity index is 2.03. The van der Waals surface area contributed by atoms with Crippen LogP contribution >= 0.6 is 15.9 Å². The summed E-state index contributed by atoms with van der Waals surface area (Å²) in [6.07, 6.45) is 2.06. The Morgan fingerprint density at radius 3 is 3.00 bits per heavy atom. The van der Waals surface area contributed by atoms with Crippen molar-refractivity contribution in [2.45, 2.75) is 32.4 Å². The lowest BCUT2D eigenvalue weighted by Gasteiger charge is -2.22. The molecule has 98 valence electrons. The molecule has 0 saturated carbocycles. The Kier molecular flexibility index (Phi) is 4.40. The van der Waals surface area contributed by atoms with Crippen LogP contribution in [0.1, 0.15) is 24.0 Å². The molecular weight excluding hydrogens is 292 g/mol. The van der Waals surface area contributed by atoms with Crippen LogP contribution in [0.15, 0.2) is 22.7 Å². The molecule has 4 heteroatoms. The number of aryl methyl sites for hydroxylation is 1. The first-order valence-electron chi connectivity index (χ1n) is 6.31. The Morgan fingerprint density at radius 1 is 1.56 bits per heavy atom. The lowest BCUT2D eigenvalue weighted by atomic mass is 10.1. The van der Waals surface area contributed by atoms with Crippen LogP contribution in [0.3, 0.4) is 0 Å². The molecule has 0 spiro atoms. The van der Waals surface area contributed by atoms with Gasteiger partial charge in [0.25, 0.3) is 0 Å². The van der Waals surface area contributed by atoms with Crippen molar-refractivity contribution in [1.82, 2.24) is 10.2 Å². The summed E-state index contributed by atoms with van der Waals surface area (Å²) in [5.41, 5.74) is 2.41. The van der Waals surface area contributed by atoms with Crippen LogP contribution in [0, 0.1) is 6.92 Å². The molecule has 2 rings (SSSR count). The first-order valence-corrected chi connectivity index (χ1v) is 7.10. The van der Waals surface area contributed by atoms with Crippen molar-refractivity contribution >= 4 is 21.8 Å². The molecule has 1 saturated heterocycles. The number of halogens is 1. The Bertz CT molecular complexity index is 441. The second-order valence-electron chi connectivity index (χ2n) is 4.91. The molecule has 1 amide bonds. The molecule has 0 aromatic heterocycles. The van der Waals surface area contributed by atoms with Crippen LogP contribution in [0.4, 0.5) is 0 Å². The topological polar surface area (TPSA) is 32.3 Å². The fourth-order valence-corrected chi connectivity index (χ4v) is 2.71. The highest BCUT2D eigenvalue weighted by Gasteiger charge is 2.25. The molecule has 1 fully saturated rings. The highest BCUT2D eigenvalue weighted by Crippen LogP contribution is 2.18. The van der Waals surface area contributed by atoms with E-state index in [1.165, 1.54) is 11.1 Å². The maximum atomic E-state index is 12.2. The Hall–Kier alpha value is -0.870. The van der Waals surface area contributed by atoms with Gasteiger partial charge in [-0.25, -0.2) is 0 Å². The minimum atomic E-state index is 0.0162. The van der Waals surface area contributed by atoms with Crippen molar-refractivity contribution in [3.63, 3.8) is 0 Å². The molecule has 18 heavy (non-hydrogen) atoms. The number of likely N-dealkylation sites (N-methyl/N-ethyl adjacent to an activating group) is 1. The quantitative estimate of drug-likeness (QED) is 0.930. The van der Waals surface area contributed by atoms with Crippen molar-refractivity contribution < 1.29 is 4.79 Å². The molecule has 0 radical (unpaired) electrons. The fraction of sp³-hybridized carbons (Fsp3) is 0.500. The maximum Gasteiger partial charge on any atom is 0.239 e. The van der Waals surface area contributed by atoms with Gasteiger partial charge in [-0.15, -0.1) is 0 Å². The van der Waals surface area contributed by atoms with E-state index in [1.54, 1.807) is 0 Å². The number of carbonyl (C=O) groups excluding carboxylic acids is 1. The average Bonchev–Trinajstić information content (AvgIpc) is 2.86. The Labute approximate surface area is 117 Å². The predicted molar refractivity (Wildman–Crippen MR) is 76.4 cm³/mol. The molecule has 1 atom stereocenters. The molecule has 1 heterocycles. The molecule has 0 aliphatic carbocycles. The van der Waals surface area contributed by atoms with Gasteiger partial charge in [-0.05, 0) is 49.6 Å². The monoisotopic (exact) mass is 310 g/mol. The predicted octanol–water partition coefficient (Wildman–Crippen LogP) is 2.47. The van der Waals surface area contributed by atoms with Gasteiger partial charge in [-0.1, -0.05) is 22.0 Å². The zero-order valence-electron chi connectivity index (χ0n) is 10.9. The number of hydrogen-bond donors (Lipinski definition) is 1. The standard InChI is InChI=1S/C14H19BrN2O/c1-10-5-6-12(15)8-11(10)9-17(2)14(18)13-4-3-7-16-13/h5-6,8,13,16H,3-4,7,9H2,1-2H3. The largest absolute Gasteiger partial charge is 0.340 e. The highest BCUT2D eigenvalue weighted by atomic mass is 79.9. The van der Waals surface area contributed by atoms with E-state index in [0.29, 0.717) is 6.54 Å². The lowest BCUT2D eigenvalue weighted by molar-refractivity contribution is -0.132. The molecule has 1 N–H and O–H groups in total. The van der Waals surface area contributed by atoms with Gasteiger partial charge in [-0.2, -0.15) is 0 Å². The fourth-order valence-electron chi connectivity index (χ4n) is 2.31. The van der Waals surface area contributed by atoms with Gasteiger partial charge in [0.1, 0.15) is 0 Å². The number of rotatable bonds is 3. The molecule has 1 unspecified atom stereocenters. The van der Waals surface area contributed by atoms with E-state index >= 15 is 0 Å². The molecule has 1 aliphatic heterocycles. The second-order valence-corrected chi connectivity index (χ2v) is 5.83. The first-order chi connectivity index (χ1) is 8.58. The normalized spacial score (nSPS) is 18.9. The minimum absolute atomic E-state index is 0.0162. The molecular formula is C14H19BrN2O. The average molecular weight is 311 g/mol. The third-order valence-electron chi connectivity index (χ3n) is 3.45. The molecule has 1 aliphatic rings. The van der Waals surface area contributed by atoms with Crippen LogP contribution in [-0.2, 0) is 11.3 Å². The number of hydrogen-bond acceptors (Lipinski definition) is 2. The maximum absolute atomic E-state index is 12.2. The molecule has 1 aromatic rings. The lowest BCUT2D eigenvalue weighted by Crippen LogP contribution is -2.41. The van der Waals surface area contributed by atoms with Gasteiger partial charge >= 0.3 is 0 Å². The van der Waals surface area contributed by atoms with Crippen LogP contribution in [0.25, 0.3) is 0 Å². The van der Waals surface area contributed by atoms with E-state index in [-0.39, 0.29) is 11.9 Å². The van der Waals surface area contributed by atoms with Crippen molar-refractivity contribution in [2.75, 3.05) is 13.6 Å². The van der Waals surface area contributed by atoms with Crippen molar-refractivity contribution in [2.24, 2.45) is 0 Å². The van der Waals surface area contributed by atoms with Gasteiger partial charge in [-0.3, -0.25) is 4.79 Å². The van der Waals surface area contributed by atoms with Gasteiger partial charge in [0, 0.05) is 18.1 Å². The van der Waals surface area contributed by atoms with Crippen LogP contribution in [0.5, 0.6) is 0 Å². The Morgan fingerprint density at radius 2 is 2.33 bits per heavy atom. The minimum Gasteiger partial charge on any atom is -0.340 e. The van der Waals surface area contributed by atoms with Gasteiger partial charge in [0.15, 0.2) is 0 Å². The number of nitrogens with zero attached hydrogens (tertiary/aromatic N) is 1. The zero-order chi connectivity index (χ0) is 13.1. The number of nitrogens with one attached hydrogen (secondary N) is 1. The van der Waals surface area contributed by atoms with E-state index in [2.05, 4.69) is 40.3 Å². The summed E-state index contributed by atoms with van der Waals surface area (Å²) in [5, 5.41) is 3.25.